The topological polar surface area (TPSA) is 98.0 Å². The molecule has 1 aliphatic rings. The van der Waals surface area contributed by atoms with Gasteiger partial charge in [-0.05, 0) is 60.4 Å². The molecule has 3 N–H and O–H groups in total. The van der Waals surface area contributed by atoms with Crippen LogP contribution in [0.3, 0.4) is 0 Å². The van der Waals surface area contributed by atoms with Crippen LogP contribution in [0.15, 0.2) is 65.7 Å². The van der Waals surface area contributed by atoms with Crippen molar-refractivity contribution < 1.29 is 12.8 Å². The molecule has 1 saturated carbocycles. The second-order valence-corrected chi connectivity index (χ2v) is 8.06. The summed E-state index contributed by atoms with van der Waals surface area (Å²) in [4.78, 5) is 8.87. The highest BCUT2D eigenvalue weighted by Crippen LogP contribution is 2.54. The predicted molar refractivity (Wildman–Crippen MR) is 99.6 cm³/mol. The Morgan fingerprint density at radius 3 is 2.37 bits per heavy atom. The summed E-state index contributed by atoms with van der Waals surface area (Å²) >= 11 is 0. The maximum atomic E-state index is 13.0. The van der Waals surface area contributed by atoms with Gasteiger partial charge in [-0.2, -0.15) is 0 Å². The molecule has 4 rings (SSSR count). The third kappa shape index (κ3) is 3.96. The van der Waals surface area contributed by atoms with Gasteiger partial charge >= 0.3 is 0 Å². The summed E-state index contributed by atoms with van der Waals surface area (Å²) in [6.45, 7) is 0. The summed E-state index contributed by atoms with van der Waals surface area (Å²) in [6, 6.07) is 14.5. The number of halogens is 1. The lowest BCUT2D eigenvalue weighted by Crippen LogP contribution is -2.11. The molecular formula is C19H17FN4O2S. The van der Waals surface area contributed by atoms with Gasteiger partial charge in [-0.25, -0.2) is 27.9 Å². The molecule has 1 fully saturated rings. The first-order valence-electron chi connectivity index (χ1n) is 8.38. The molecule has 0 bridgehead atoms. The molecule has 0 saturated heterocycles. The maximum absolute atomic E-state index is 13.0. The molecule has 3 aromatic rings. The Morgan fingerprint density at radius 2 is 1.70 bits per heavy atom. The normalized spacial score (nSPS) is 18.9. The summed E-state index contributed by atoms with van der Waals surface area (Å²) in [5, 5.41) is 8.20. The highest BCUT2D eigenvalue weighted by Gasteiger charge is 2.40. The van der Waals surface area contributed by atoms with E-state index in [-0.39, 0.29) is 22.5 Å². The quantitative estimate of drug-likeness (QED) is 0.703. The average Bonchev–Trinajstić information content (AvgIpc) is 3.44. The molecule has 2 aromatic carbocycles. The number of hydrogen-bond acceptors (Lipinski definition) is 5. The van der Waals surface area contributed by atoms with Crippen LogP contribution in [-0.2, 0) is 10.0 Å². The highest BCUT2D eigenvalue weighted by molar-refractivity contribution is 7.89. The molecule has 0 radical (unpaired) electrons. The van der Waals surface area contributed by atoms with Crippen molar-refractivity contribution in [3.63, 3.8) is 0 Å². The largest absolute Gasteiger partial charge is 0.324 e. The molecular weight excluding hydrogens is 367 g/mol. The van der Waals surface area contributed by atoms with Crippen molar-refractivity contribution in [3.8, 4) is 0 Å². The van der Waals surface area contributed by atoms with E-state index >= 15 is 0 Å². The van der Waals surface area contributed by atoms with Gasteiger partial charge in [0.25, 0.3) is 0 Å². The van der Waals surface area contributed by atoms with E-state index in [1.165, 1.54) is 24.3 Å². The molecule has 138 valence electrons. The number of hydrogen-bond donors (Lipinski definition) is 2. The number of primary sulfonamides is 1. The van der Waals surface area contributed by atoms with Gasteiger partial charge in [-0.3, -0.25) is 0 Å². The molecule has 2 atom stereocenters. The molecule has 1 aliphatic carbocycles. The van der Waals surface area contributed by atoms with Crippen LogP contribution in [0.5, 0.6) is 0 Å². The van der Waals surface area contributed by atoms with E-state index in [4.69, 9.17) is 5.14 Å². The Labute approximate surface area is 156 Å². The van der Waals surface area contributed by atoms with E-state index in [0.717, 1.165) is 17.7 Å². The fourth-order valence-electron chi connectivity index (χ4n) is 3.10. The minimum Gasteiger partial charge on any atom is -0.324 e. The second-order valence-electron chi connectivity index (χ2n) is 6.50. The molecule has 8 heteroatoms. The van der Waals surface area contributed by atoms with Crippen molar-refractivity contribution in [1.29, 1.82) is 0 Å². The summed E-state index contributed by atoms with van der Waals surface area (Å²) < 4.78 is 35.7. The van der Waals surface area contributed by atoms with Crippen molar-refractivity contribution in [2.24, 2.45) is 5.14 Å². The van der Waals surface area contributed by atoms with Gasteiger partial charge < -0.3 is 5.32 Å². The van der Waals surface area contributed by atoms with E-state index in [1.54, 1.807) is 30.5 Å². The molecule has 0 amide bonds. The Balaban J connectivity index is 1.48. The first-order valence-corrected chi connectivity index (χ1v) is 9.93. The fraction of sp³-hybridized carbons (Fsp3) is 0.158. The van der Waals surface area contributed by atoms with Gasteiger partial charge in [0.15, 0.2) is 0 Å². The second kappa shape index (κ2) is 6.71. The number of sulfonamides is 1. The minimum atomic E-state index is -3.68. The van der Waals surface area contributed by atoms with Crippen LogP contribution in [0.2, 0.25) is 0 Å². The minimum absolute atomic E-state index is 0.108. The fourth-order valence-corrected chi connectivity index (χ4v) is 3.61. The van der Waals surface area contributed by atoms with E-state index < -0.39 is 10.0 Å². The van der Waals surface area contributed by atoms with Gasteiger partial charge in [-0.1, -0.05) is 12.1 Å². The Hall–Kier alpha value is -2.84. The molecule has 0 unspecified atom stereocenters. The monoisotopic (exact) mass is 384 g/mol. The zero-order chi connectivity index (χ0) is 19.0. The van der Waals surface area contributed by atoms with Crippen molar-refractivity contribution in [3.05, 3.63) is 77.9 Å². The summed E-state index contributed by atoms with van der Waals surface area (Å²) in [6.07, 6.45) is 2.62. The van der Waals surface area contributed by atoms with E-state index in [2.05, 4.69) is 15.3 Å². The molecule has 1 heterocycles. The van der Waals surface area contributed by atoms with Crippen molar-refractivity contribution in [2.75, 3.05) is 5.32 Å². The average molecular weight is 384 g/mol. The molecule has 0 aliphatic heterocycles. The highest BCUT2D eigenvalue weighted by atomic mass is 32.2. The van der Waals surface area contributed by atoms with Crippen molar-refractivity contribution in [2.45, 2.75) is 23.2 Å². The first-order chi connectivity index (χ1) is 12.9. The number of nitrogens with one attached hydrogen (secondary N) is 1. The smallest absolute Gasteiger partial charge is 0.238 e. The Bertz CT molecular complexity index is 1070. The van der Waals surface area contributed by atoms with Gasteiger partial charge in [0.2, 0.25) is 16.0 Å². The predicted octanol–water partition coefficient (Wildman–Crippen LogP) is 3.28. The van der Waals surface area contributed by atoms with Crippen LogP contribution < -0.4 is 10.5 Å². The van der Waals surface area contributed by atoms with Gasteiger partial charge in [0, 0.05) is 23.5 Å². The van der Waals surface area contributed by atoms with Crippen LogP contribution in [0, 0.1) is 5.82 Å². The standard InChI is InChI=1S/C19H17FN4O2S/c20-13-3-5-14(6-4-13)23-19-22-10-9-18(24-19)17-11-16(17)12-1-7-15(8-2-12)27(21,25)26/h1-10,16-17H,11H2,(H2,21,25,26)(H,22,23,24)/t16-,17+/m0/s1. The van der Waals surface area contributed by atoms with Crippen LogP contribution >= 0.6 is 0 Å². The molecule has 27 heavy (non-hydrogen) atoms. The summed E-state index contributed by atoms with van der Waals surface area (Å²) in [5.74, 6) is 0.689. The van der Waals surface area contributed by atoms with Crippen molar-refractivity contribution >= 4 is 21.7 Å². The number of aromatic nitrogens is 2. The van der Waals surface area contributed by atoms with E-state index in [9.17, 15) is 12.8 Å². The van der Waals surface area contributed by atoms with E-state index in [0.29, 0.717) is 11.6 Å². The SMILES string of the molecule is NS(=O)(=O)c1ccc([C@@H]2C[C@H]2c2ccnc(Nc3ccc(F)cc3)n2)cc1. The third-order valence-corrected chi connectivity index (χ3v) is 5.51. The van der Waals surface area contributed by atoms with Crippen molar-refractivity contribution in [1.82, 2.24) is 9.97 Å². The Kier molecular flexibility index (Phi) is 4.37. The zero-order valence-corrected chi connectivity index (χ0v) is 15.0. The number of anilines is 2. The number of rotatable bonds is 5. The molecule has 1 aromatic heterocycles. The lowest BCUT2D eigenvalue weighted by molar-refractivity contribution is 0.597. The first kappa shape index (κ1) is 17.6. The number of nitrogens with zero attached hydrogens (tertiary/aromatic N) is 2. The maximum Gasteiger partial charge on any atom is 0.238 e. The molecule has 6 nitrogen and oxygen atoms in total. The van der Waals surface area contributed by atoms with Crippen LogP contribution in [0.1, 0.15) is 29.5 Å². The summed E-state index contributed by atoms with van der Waals surface area (Å²) in [5.41, 5.74) is 2.67. The van der Waals surface area contributed by atoms with Crippen LogP contribution in [0.4, 0.5) is 16.0 Å². The summed E-state index contributed by atoms with van der Waals surface area (Å²) in [7, 11) is -3.68. The lowest BCUT2D eigenvalue weighted by atomic mass is 10.1. The van der Waals surface area contributed by atoms with Crippen LogP contribution in [-0.4, -0.2) is 18.4 Å². The lowest BCUT2D eigenvalue weighted by Gasteiger charge is -2.07. The number of nitrogens with two attached hydrogens (primary N) is 1. The van der Waals surface area contributed by atoms with Gasteiger partial charge in [-0.15, -0.1) is 0 Å². The zero-order valence-electron chi connectivity index (χ0n) is 14.2. The third-order valence-electron chi connectivity index (χ3n) is 4.58. The number of benzene rings is 2. The Morgan fingerprint density at radius 1 is 1.00 bits per heavy atom. The van der Waals surface area contributed by atoms with Crippen LogP contribution in [0.25, 0.3) is 0 Å². The van der Waals surface area contributed by atoms with E-state index in [1.807, 2.05) is 6.07 Å². The van der Waals surface area contributed by atoms with Gasteiger partial charge in [0.05, 0.1) is 4.90 Å². The van der Waals surface area contributed by atoms with Gasteiger partial charge in [0.1, 0.15) is 5.82 Å². The molecule has 0 spiro atoms.